The van der Waals surface area contributed by atoms with Crippen molar-refractivity contribution >= 4 is 49.5 Å². The number of halogens is 1. The molecule has 0 aliphatic rings. The van der Waals surface area contributed by atoms with Gasteiger partial charge in [0.15, 0.2) is 5.16 Å². The average Bonchev–Trinajstić information content (AvgIpc) is 3.46. The Labute approximate surface area is 210 Å². The summed E-state index contributed by atoms with van der Waals surface area (Å²) in [4.78, 5) is 3.62. The molecule has 166 valence electrons. The van der Waals surface area contributed by atoms with E-state index in [0.29, 0.717) is 6.42 Å². The van der Waals surface area contributed by atoms with Crippen LogP contribution in [0.15, 0.2) is 107 Å². The third-order valence-corrected chi connectivity index (χ3v) is 7.76. The van der Waals surface area contributed by atoms with Crippen molar-refractivity contribution in [1.29, 1.82) is 0 Å². The van der Waals surface area contributed by atoms with Crippen LogP contribution < -0.4 is 0 Å². The van der Waals surface area contributed by atoms with Gasteiger partial charge in [-0.25, -0.2) is 0 Å². The van der Waals surface area contributed by atoms with Gasteiger partial charge >= 0.3 is 0 Å². The fourth-order valence-corrected chi connectivity index (χ4v) is 5.94. The van der Waals surface area contributed by atoms with Crippen molar-refractivity contribution < 1.29 is 0 Å². The van der Waals surface area contributed by atoms with Crippen LogP contribution in [0, 0.1) is 0 Å². The van der Waals surface area contributed by atoms with Gasteiger partial charge in [0.2, 0.25) is 0 Å². The second-order valence-electron chi connectivity index (χ2n) is 8.14. The molecule has 6 heteroatoms. The zero-order valence-corrected chi connectivity index (χ0v) is 20.7. The SMILES string of the molecule is Brc1ccccc1CSc1nnc(Cc2cccc3c2[nH]c2ccccc23)n1-c1ccccc1. The Morgan fingerprint density at radius 2 is 1.47 bits per heavy atom. The molecule has 0 radical (unpaired) electrons. The molecule has 6 rings (SSSR count). The minimum atomic E-state index is 0.682. The molecule has 1 N–H and O–H groups in total. The summed E-state index contributed by atoms with van der Waals surface area (Å²) in [5.74, 6) is 1.73. The number of benzene rings is 4. The second kappa shape index (κ2) is 9.12. The van der Waals surface area contributed by atoms with E-state index in [-0.39, 0.29) is 0 Å². The van der Waals surface area contributed by atoms with E-state index in [2.05, 4.69) is 121 Å². The number of aromatic amines is 1. The highest BCUT2D eigenvalue weighted by Crippen LogP contribution is 2.31. The highest BCUT2D eigenvalue weighted by molar-refractivity contribution is 9.10. The fourth-order valence-electron chi connectivity index (χ4n) is 4.35. The van der Waals surface area contributed by atoms with Crippen molar-refractivity contribution in [3.05, 3.63) is 118 Å². The standard InChI is InChI=1S/C28H21BrN4S/c29-24-15-6-4-9-20(24)18-34-28-32-31-26(33(28)21-11-2-1-3-12-21)17-19-10-8-14-23-22-13-5-7-16-25(22)30-27(19)23/h1-16,30H,17-18H2. The Morgan fingerprint density at radius 3 is 2.35 bits per heavy atom. The van der Waals surface area contributed by atoms with Gasteiger partial charge < -0.3 is 4.98 Å². The summed E-state index contributed by atoms with van der Waals surface area (Å²) in [5.41, 5.74) is 5.83. The quantitative estimate of drug-likeness (QED) is 0.229. The minimum absolute atomic E-state index is 0.682. The molecule has 0 amide bonds. The molecular weight excluding hydrogens is 504 g/mol. The number of aromatic nitrogens is 4. The molecule has 0 saturated heterocycles. The van der Waals surface area contributed by atoms with Gasteiger partial charge in [-0.15, -0.1) is 10.2 Å². The lowest BCUT2D eigenvalue weighted by Crippen LogP contribution is -2.04. The molecule has 0 spiro atoms. The maximum atomic E-state index is 4.65. The summed E-state index contributed by atoms with van der Waals surface area (Å²) in [6.07, 6.45) is 0.682. The van der Waals surface area contributed by atoms with E-state index >= 15 is 0 Å². The van der Waals surface area contributed by atoms with Crippen LogP contribution in [0.3, 0.4) is 0 Å². The molecule has 0 aliphatic carbocycles. The Morgan fingerprint density at radius 1 is 0.735 bits per heavy atom. The summed E-state index contributed by atoms with van der Waals surface area (Å²) < 4.78 is 3.29. The molecule has 2 aromatic heterocycles. The zero-order chi connectivity index (χ0) is 22.9. The Hall–Kier alpha value is -3.35. The Bertz CT molecular complexity index is 1600. The predicted octanol–water partition coefficient (Wildman–Crippen LogP) is 7.55. The number of H-pyrrole nitrogens is 1. The van der Waals surface area contributed by atoms with E-state index in [1.54, 1.807) is 11.8 Å². The molecule has 4 aromatic carbocycles. The third kappa shape index (κ3) is 3.93. The molecule has 0 bridgehead atoms. The molecular formula is C28H21BrN4S. The van der Waals surface area contributed by atoms with Crippen molar-refractivity contribution in [2.24, 2.45) is 0 Å². The van der Waals surface area contributed by atoms with Crippen LogP contribution in [0.4, 0.5) is 0 Å². The molecule has 34 heavy (non-hydrogen) atoms. The molecule has 0 saturated carbocycles. The number of thioether (sulfide) groups is 1. The molecule has 0 fully saturated rings. The van der Waals surface area contributed by atoms with Crippen molar-refractivity contribution in [3.8, 4) is 5.69 Å². The van der Waals surface area contributed by atoms with Gasteiger partial charge in [0.05, 0.1) is 5.52 Å². The number of nitrogens with one attached hydrogen (secondary N) is 1. The first kappa shape index (κ1) is 21.2. The van der Waals surface area contributed by atoms with Gasteiger partial charge in [-0.2, -0.15) is 0 Å². The van der Waals surface area contributed by atoms with Crippen LogP contribution >= 0.6 is 27.7 Å². The van der Waals surface area contributed by atoms with Crippen molar-refractivity contribution in [3.63, 3.8) is 0 Å². The van der Waals surface area contributed by atoms with Crippen LogP contribution in [0.25, 0.3) is 27.5 Å². The van der Waals surface area contributed by atoms with Crippen molar-refractivity contribution in [1.82, 2.24) is 19.7 Å². The number of hydrogen-bond acceptors (Lipinski definition) is 3. The molecule has 0 aliphatic heterocycles. The first-order valence-electron chi connectivity index (χ1n) is 11.1. The van der Waals surface area contributed by atoms with Gasteiger partial charge in [0.25, 0.3) is 0 Å². The highest BCUT2D eigenvalue weighted by Gasteiger charge is 2.17. The molecule has 0 unspecified atom stereocenters. The number of nitrogens with zero attached hydrogens (tertiary/aromatic N) is 3. The fraction of sp³-hybridized carbons (Fsp3) is 0.0714. The monoisotopic (exact) mass is 524 g/mol. The van der Waals surface area contributed by atoms with Gasteiger partial charge in [-0.05, 0) is 35.4 Å². The summed E-state index contributed by atoms with van der Waals surface area (Å²) in [6, 6.07) is 33.6. The van der Waals surface area contributed by atoms with Crippen LogP contribution in [-0.4, -0.2) is 19.7 Å². The van der Waals surface area contributed by atoms with Crippen LogP contribution in [0.1, 0.15) is 17.0 Å². The summed E-state index contributed by atoms with van der Waals surface area (Å²) >= 11 is 5.36. The largest absolute Gasteiger partial charge is 0.354 e. The smallest absolute Gasteiger partial charge is 0.196 e. The van der Waals surface area contributed by atoms with Crippen LogP contribution in [0.2, 0.25) is 0 Å². The lowest BCUT2D eigenvalue weighted by molar-refractivity contribution is 0.849. The van der Waals surface area contributed by atoms with E-state index in [1.807, 2.05) is 12.1 Å². The second-order valence-corrected chi connectivity index (χ2v) is 9.93. The number of hydrogen-bond donors (Lipinski definition) is 1. The lowest BCUT2D eigenvalue weighted by atomic mass is 10.1. The van der Waals surface area contributed by atoms with E-state index in [0.717, 1.165) is 37.9 Å². The zero-order valence-electron chi connectivity index (χ0n) is 18.3. The van der Waals surface area contributed by atoms with E-state index in [4.69, 9.17) is 0 Å². The third-order valence-electron chi connectivity index (χ3n) is 6.01. The van der Waals surface area contributed by atoms with Crippen LogP contribution in [0.5, 0.6) is 0 Å². The van der Waals surface area contributed by atoms with Gasteiger partial charge in [-0.3, -0.25) is 4.57 Å². The average molecular weight is 525 g/mol. The van der Waals surface area contributed by atoms with Gasteiger partial charge in [0.1, 0.15) is 5.82 Å². The van der Waals surface area contributed by atoms with E-state index in [9.17, 15) is 0 Å². The van der Waals surface area contributed by atoms with Crippen molar-refractivity contribution in [2.75, 3.05) is 0 Å². The summed E-state index contributed by atoms with van der Waals surface area (Å²) in [7, 11) is 0. The van der Waals surface area contributed by atoms with Crippen molar-refractivity contribution in [2.45, 2.75) is 17.3 Å². The summed E-state index contributed by atoms with van der Waals surface area (Å²) in [6.45, 7) is 0. The van der Waals surface area contributed by atoms with E-state index in [1.165, 1.54) is 21.9 Å². The topological polar surface area (TPSA) is 46.5 Å². The van der Waals surface area contributed by atoms with E-state index < -0.39 is 0 Å². The lowest BCUT2D eigenvalue weighted by Gasteiger charge is -2.11. The molecule has 2 heterocycles. The predicted molar refractivity (Wildman–Crippen MR) is 144 cm³/mol. The van der Waals surface area contributed by atoms with Gasteiger partial charge in [-0.1, -0.05) is 100 Å². The normalized spacial score (nSPS) is 11.4. The maximum Gasteiger partial charge on any atom is 0.196 e. The number of rotatable bonds is 6. The molecule has 0 atom stereocenters. The Kier molecular flexibility index (Phi) is 5.69. The number of fused-ring (bicyclic) bond motifs is 3. The first-order chi connectivity index (χ1) is 16.8. The molecule has 4 nitrogen and oxygen atoms in total. The van der Waals surface area contributed by atoms with Gasteiger partial charge in [0, 0.05) is 38.6 Å². The number of para-hydroxylation sites is 3. The minimum Gasteiger partial charge on any atom is -0.354 e. The summed E-state index contributed by atoms with van der Waals surface area (Å²) in [5, 5.41) is 12.6. The highest BCUT2D eigenvalue weighted by atomic mass is 79.9. The first-order valence-corrected chi connectivity index (χ1v) is 12.9. The Balaban J connectivity index is 1.40. The molecule has 6 aromatic rings. The maximum absolute atomic E-state index is 4.65. The van der Waals surface area contributed by atoms with Crippen LogP contribution in [-0.2, 0) is 12.2 Å².